The SMILES string of the molecule is CCC(C)c1ccc(S(=O)(=O)C(C(=O)O)c2ccccc2)cc1. The van der Waals surface area contributed by atoms with E-state index < -0.39 is 21.1 Å². The number of hydrogen-bond acceptors (Lipinski definition) is 3. The van der Waals surface area contributed by atoms with E-state index >= 15 is 0 Å². The van der Waals surface area contributed by atoms with Gasteiger partial charge in [-0.25, -0.2) is 8.42 Å². The van der Waals surface area contributed by atoms with E-state index in [0.29, 0.717) is 5.92 Å². The molecule has 1 N–H and O–H groups in total. The summed E-state index contributed by atoms with van der Waals surface area (Å²) in [5, 5.41) is 7.83. The molecular formula is C18H20O4S. The minimum atomic E-state index is -4.00. The molecule has 0 radical (unpaired) electrons. The smallest absolute Gasteiger partial charge is 0.326 e. The molecule has 0 saturated heterocycles. The van der Waals surface area contributed by atoms with Crippen molar-refractivity contribution in [3.8, 4) is 0 Å². The molecule has 0 aliphatic heterocycles. The predicted octanol–water partition coefficient (Wildman–Crippen LogP) is 3.80. The number of hydrogen-bond donors (Lipinski definition) is 1. The topological polar surface area (TPSA) is 71.4 Å². The summed E-state index contributed by atoms with van der Waals surface area (Å²) in [6.07, 6.45) is 0.952. The molecule has 0 fully saturated rings. The minimum absolute atomic E-state index is 0.0285. The van der Waals surface area contributed by atoms with E-state index in [1.54, 1.807) is 30.3 Å². The van der Waals surface area contributed by atoms with Gasteiger partial charge in [-0.1, -0.05) is 56.3 Å². The Morgan fingerprint density at radius 2 is 1.57 bits per heavy atom. The molecule has 4 nitrogen and oxygen atoms in total. The molecule has 0 aliphatic rings. The Morgan fingerprint density at radius 1 is 1.00 bits per heavy atom. The number of carboxylic acids is 1. The summed E-state index contributed by atoms with van der Waals surface area (Å²) < 4.78 is 25.5. The normalized spacial score (nSPS) is 14.2. The molecule has 0 amide bonds. The van der Waals surface area contributed by atoms with Crippen molar-refractivity contribution in [3.05, 3.63) is 65.7 Å². The van der Waals surface area contributed by atoms with Gasteiger partial charge in [0.2, 0.25) is 0 Å². The second-order valence-corrected chi connectivity index (χ2v) is 7.59. The molecule has 0 heterocycles. The fraction of sp³-hybridized carbons (Fsp3) is 0.278. The van der Waals surface area contributed by atoms with Gasteiger partial charge in [0.25, 0.3) is 0 Å². The van der Waals surface area contributed by atoms with E-state index in [9.17, 15) is 18.3 Å². The third kappa shape index (κ3) is 3.62. The lowest BCUT2D eigenvalue weighted by Crippen LogP contribution is -2.22. The maximum Gasteiger partial charge on any atom is 0.326 e. The van der Waals surface area contributed by atoms with E-state index in [0.717, 1.165) is 12.0 Å². The summed E-state index contributed by atoms with van der Waals surface area (Å²) in [6, 6.07) is 14.5. The largest absolute Gasteiger partial charge is 0.480 e. The second-order valence-electron chi connectivity index (χ2n) is 5.55. The molecule has 23 heavy (non-hydrogen) atoms. The monoisotopic (exact) mass is 332 g/mol. The number of aliphatic carboxylic acids is 1. The third-order valence-corrected chi connectivity index (χ3v) is 6.05. The molecular weight excluding hydrogens is 312 g/mol. The first kappa shape index (κ1) is 17.2. The van der Waals surface area contributed by atoms with Gasteiger partial charge in [-0.2, -0.15) is 0 Å². The lowest BCUT2D eigenvalue weighted by Gasteiger charge is -2.15. The Hall–Kier alpha value is -2.14. The van der Waals surface area contributed by atoms with E-state index in [1.165, 1.54) is 24.3 Å². The predicted molar refractivity (Wildman–Crippen MR) is 89.2 cm³/mol. The van der Waals surface area contributed by atoms with Gasteiger partial charge >= 0.3 is 5.97 Å². The van der Waals surface area contributed by atoms with Crippen molar-refractivity contribution in [1.29, 1.82) is 0 Å². The molecule has 2 rings (SSSR count). The molecule has 2 atom stereocenters. The first-order chi connectivity index (χ1) is 10.9. The highest BCUT2D eigenvalue weighted by atomic mass is 32.2. The Kier molecular flexibility index (Phi) is 5.21. The van der Waals surface area contributed by atoms with Crippen LogP contribution in [0.1, 0.15) is 42.6 Å². The van der Waals surface area contributed by atoms with Crippen LogP contribution in [0.25, 0.3) is 0 Å². The van der Waals surface area contributed by atoms with Crippen molar-refractivity contribution in [2.45, 2.75) is 36.3 Å². The second kappa shape index (κ2) is 6.96. The van der Waals surface area contributed by atoms with Crippen LogP contribution in [0.4, 0.5) is 0 Å². The maximum atomic E-state index is 12.7. The van der Waals surface area contributed by atoms with Gasteiger partial charge in [-0.15, -0.1) is 0 Å². The zero-order valence-electron chi connectivity index (χ0n) is 13.1. The number of carbonyl (C=O) groups is 1. The first-order valence-corrected chi connectivity index (χ1v) is 9.04. The number of carboxylic acid groups (broad SMARTS) is 1. The van der Waals surface area contributed by atoms with Crippen LogP contribution in [-0.2, 0) is 14.6 Å². The highest BCUT2D eigenvalue weighted by Crippen LogP contribution is 2.30. The quantitative estimate of drug-likeness (QED) is 0.873. The molecule has 0 saturated carbocycles. The lowest BCUT2D eigenvalue weighted by molar-refractivity contribution is -0.136. The Labute approximate surface area is 136 Å². The summed E-state index contributed by atoms with van der Waals surface area (Å²) in [6.45, 7) is 4.12. The highest BCUT2D eigenvalue weighted by Gasteiger charge is 2.35. The average Bonchev–Trinajstić information content (AvgIpc) is 2.54. The van der Waals surface area contributed by atoms with Gasteiger partial charge in [0.1, 0.15) is 0 Å². The molecule has 5 heteroatoms. The van der Waals surface area contributed by atoms with Crippen LogP contribution < -0.4 is 0 Å². The van der Waals surface area contributed by atoms with Gasteiger partial charge in [0.05, 0.1) is 4.90 Å². The standard InChI is InChI=1S/C18H20O4S/c1-3-13(2)14-9-11-16(12-10-14)23(21,22)17(18(19)20)15-7-5-4-6-8-15/h4-13,17H,3H2,1-2H3,(H,19,20). The molecule has 0 aromatic heterocycles. The lowest BCUT2D eigenvalue weighted by atomic mass is 9.99. The summed E-state index contributed by atoms with van der Waals surface area (Å²) in [5.41, 5.74) is 1.30. The molecule has 2 aromatic rings. The maximum absolute atomic E-state index is 12.7. The van der Waals surface area contributed by atoms with Crippen molar-refractivity contribution in [2.75, 3.05) is 0 Å². The van der Waals surface area contributed by atoms with E-state index in [1.807, 2.05) is 0 Å². The van der Waals surface area contributed by atoms with Crippen LogP contribution in [-0.4, -0.2) is 19.5 Å². The molecule has 2 aromatic carbocycles. The van der Waals surface area contributed by atoms with Crippen molar-refractivity contribution < 1.29 is 18.3 Å². The molecule has 122 valence electrons. The van der Waals surface area contributed by atoms with Crippen molar-refractivity contribution in [3.63, 3.8) is 0 Å². The van der Waals surface area contributed by atoms with Gasteiger partial charge in [-0.3, -0.25) is 4.79 Å². The van der Waals surface area contributed by atoms with Gasteiger partial charge in [0, 0.05) is 0 Å². The van der Waals surface area contributed by atoms with Gasteiger partial charge in [0.15, 0.2) is 15.1 Å². The van der Waals surface area contributed by atoms with E-state index in [4.69, 9.17) is 0 Å². The minimum Gasteiger partial charge on any atom is -0.480 e. The fourth-order valence-corrected chi connectivity index (χ4v) is 4.01. The molecule has 2 unspecified atom stereocenters. The van der Waals surface area contributed by atoms with Crippen LogP contribution in [0.5, 0.6) is 0 Å². The van der Waals surface area contributed by atoms with Crippen LogP contribution >= 0.6 is 0 Å². The van der Waals surface area contributed by atoms with Crippen LogP contribution in [0.15, 0.2) is 59.5 Å². The Morgan fingerprint density at radius 3 is 2.04 bits per heavy atom. The summed E-state index contributed by atoms with van der Waals surface area (Å²) in [4.78, 5) is 11.6. The van der Waals surface area contributed by atoms with E-state index in [-0.39, 0.29) is 10.5 Å². The van der Waals surface area contributed by atoms with E-state index in [2.05, 4.69) is 13.8 Å². The van der Waals surface area contributed by atoms with Crippen molar-refractivity contribution >= 4 is 15.8 Å². The summed E-state index contributed by atoms with van der Waals surface area (Å²) in [7, 11) is -4.00. The average molecular weight is 332 g/mol. The third-order valence-electron chi connectivity index (χ3n) is 4.03. The van der Waals surface area contributed by atoms with Crippen molar-refractivity contribution in [1.82, 2.24) is 0 Å². The molecule has 0 aliphatic carbocycles. The number of benzene rings is 2. The van der Waals surface area contributed by atoms with Gasteiger partial charge in [-0.05, 0) is 35.6 Å². The highest BCUT2D eigenvalue weighted by molar-refractivity contribution is 7.92. The Bertz CT molecular complexity index is 764. The first-order valence-electron chi connectivity index (χ1n) is 7.49. The number of sulfone groups is 1. The van der Waals surface area contributed by atoms with Crippen molar-refractivity contribution in [2.24, 2.45) is 0 Å². The number of rotatable bonds is 6. The molecule has 0 spiro atoms. The Balaban J connectivity index is 2.45. The van der Waals surface area contributed by atoms with Crippen LogP contribution in [0.2, 0.25) is 0 Å². The fourth-order valence-electron chi connectivity index (χ4n) is 2.44. The summed E-state index contributed by atoms with van der Waals surface area (Å²) >= 11 is 0. The van der Waals surface area contributed by atoms with Crippen LogP contribution in [0, 0.1) is 0 Å². The molecule has 0 bridgehead atoms. The van der Waals surface area contributed by atoms with Crippen LogP contribution in [0.3, 0.4) is 0 Å². The van der Waals surface area contributed by atoms with Gasteiger partial charge < -0.3 is 5.11 Å². The zero-order valence-corrected chi connectivity index (χ0v) is 14.0. The summed E-state index contributed by atoms with van der Waals surface area (Å²) in [5.74, 6) is -1.04. The zero-order chi connectivity index (χ0) is 17.0.